The summed E-state index contributed by atoms with van der Waals surface area (Å²) in [5.41, 5.74) is 0. The van der Waals surface area contributed by atoms with Gasteiger partial charge in [-0.05, 0) is 13.8 Å². The number of nitrogens with one attached hydrogen (secondary N) is 2. The van der Waals surface area contributed by atoms with Crippen molar-refractivity contribution in [3.8, 4) is 0 Å². The molecule has 2 amide bonds. The molecule has 8 fully saturated rings. The lowest BCUT2D eigenvalue weighted by atomic mass is 9.93. The van der Waals surface area contributed by atoms with E-state index in [2.05, 4.69) is 10.6 Å². The Morgan fingerprint density at radius 2 is 0.758 bits per heavy atom. The lowest BCUT2D eigenvalue weighted by Crippen LogP contribution is -2.71. The zero-order chi connectivity index (χ0) is 66.9. The summed E-state index contributed by atoms with van der Waals surface area (Å²) in [6.45, 7) is -1.19. The maximum atomic E-state index is 13.3. The zero-order valence-electron chi connectivity index (χ0n) is 49.1. The van der Waals surface area contributed by atoms with Crippen LogP contribution in [0.15, 0.2) is 0 Å². The summed E-state index contributed by atoms with van der Waals surface area (Å²) in [5, 5.41) is 234. The Morgan fingerprint density at radius 1 is 0.352 bits per heavy atom. The Balaban J connectivity index is 1.17. The summed E-state index contributed by atoms with van der Waals surface area (Å²) < 4.78 is 89.1. The third-order valence-electron chi connectivity index (χ3n) is 17.0. The number of amides is 2. The van der Waals surface area contributed by atoms with Crippen LogP contribution in [0.4, 0.5) is 0 Å². The van der Waals surface area contributed by atoms with E-state index in [0.717, 1.165) is 13.8 Å². The van der Waals surface area contributed by atoms with Gasteiger partial charge in [-0.3, -0.25) is 9.59 Å². The molecule has 0 aromatic carbocycles. The van der Waals surface area contributed by atoms with Gasteiger partial charge in [0.15, 0.2) is 50.3 Å². The maximum absolute atomic E-state index is 13.3. The van der Waals surface area contributed by atoms with Gasteiger partial charge in [0, 0.05) is 13.8 Å². The number of aliphatic hydroxyl groups excluding tert-OH is 21. The second-order valence-corrected chi connectivity index (χ2v) is 23.4. The van der Waals surface area contributed by atoms with Crippen molar-refractivity contribution in [2.75, 3.05) is 39.6 Å². The fraction of sp³-hybridized carbons (Fsp3) is 0.961. The van der Waals surface area contributed by atoms with Crippen LogP contribution in [0.1, 0.15) is 27.7 Å². The molecule has 39 atom stereocenters. The highest BCUT2D eigenvalue weighted by atomic mass is 16.8. The molecule has 8 saturated heterocycles. The summed E-state index contributed by atoms with van der Waals surface area (Å²) >= 11 is 0. The molecule has 528 valence electrons. The highest BCUT2D eigenvalue weighted by Gasteiger charge is 2.60. The van der Waals surface area contributed by atoms with E-state index in [1.807, 2.05) is 0 Å². The Bertz CT molecular complexity index is 2290. The van der Waals surface area contributed by atoms with Crippen molar-refractivity contribution in [3.05, 3.63) is 0 Å². The molecule has 91 heavy (non-hydrogen) atoms. The van der Waals surface area contributed by atoms with Gasteiger partial charge < -0.3 is 189 Å². The van der Waals surface area contributed by atoms with Crippen LogP contribution in [0.3, 0.4) is 0 Å². The molecule has 0 radical (unpaired) electrons. The number of ether oxygens (including phenoxy) is 15. The van der Waals surface area contributed by atoms with Crippen molar-refractivity contribution in [2.24, 2.45) is 0 Å². The van der Waals surface area contributed by atoms with Gasteiger partial charge in [-0.25, -0.2) is 0 Å². The summed E-state index contributed by atoms with van der Waals surface area (Å²) in [6.07, 6.45) is -72.2. The van der Waals surface area contributed by atoms with Crippen LogP contribution in [0.25, 0.3) is 0 Å². The molecule has 40 nitrogen and oxygen atoms in total. The smallest absolute Gasteiger partial charge is 0.217 e. The molecule has 8 heterocycles. The van der Waals surface area contributed by atoms with E-state index < -0.39 is 291 Å². The molecule has 0 spiro atoms. The molecule has 40 heteroatoms. The Hall–Kier alpha value is -2.50. The largest absolute Gasteiger partial charge is 0.394 e. The molecule has 8 rings (SSSR count). The topological polar surface area (TPSA) is 621 Å². The van der Waals surface area contributed by atoms with Gasteiger partial charge in [0.05, 0.1) is 51.8 Å². The van der Waals surface area contributed by atoms with Crippen LogP contribution in [-0.2, 0) is 80.6 Å². The molecular weight excluding hydrogens is 1250 g/mol. The lowest BCUT2D eigenvalue weighted by molar-refractivity contribution is -0.405. The molecule has 1 unspecified atom stereocenters. The number of aliphatic hydroxyl groups is 21. The molecule has 0 aromatic rings. The van der Waals surface area contributed by atoms with Gasteiger partial charge in [0.25, 0.3) is 0 Å². The quantitative estimate of drug-likeness (QED) is 0.0507. The lowest BCUT2D eigenvalue weighted by Gasteiger charge is -2.52. The van der Waals surface area contributed by atoms with E-state index >= 15 is 0 Å². The van der Waals surface area contributed by atoms with Gasteiger partial charge in [-0.2, -0.15) is 0 Å². The van der Waals surface area contributed by atoms with Crippen molar-refractivity contribution in [3.63, 3.8) is 0 Å². The fourth-order valence-electron chi connectivity index (χ4n) is 11.7. The third-order valence-corrected chi connectivity index (χ3v) is 17.0. The van der Waals surface area contributed by atoms with Crippen molar-refractivity contribution < 1.29 is 188 Å². The Morgan fingerprint density at radius 3 is 1.31 bits per heavy atom. The minimum atomic E-state index is -2.32. The summed E-state index contributed by atoms with van der Waals surface area (Å²) in [6, 6.07) is -3.78. The number of hydrogen-bond acceptors (Lipinski definition) is 38. The first-order valence-corrected chi connectivity index (χ1v) is 29.2. The van der Waals surface area contributed by atoms with Crippen molar-refractivity contribution in [2.45, 2.75) is 267 Å². The van der Waals surface area contributed by atoms with Gasteiger partial charge >= 0.3 is 0 Å². The molecule has 8 aliphatic heterocycles. The standard InChI is InChI=1S/C51H86N2O38/c1-11-23(60)30(67)35(72)46(80-11)79-10-20-40(41(22(44(76)82-20)53-14(4)58)89-49-37(74)31(68)24(61)12(2)81-49)88-45-21(52-13(3)57)29(66)39(18(7-56)85-45)87-51-43(91-48-34(71)25(62)15(59)8-77-48)42(90-50-38(75)33(70)27(64)17(6-55)84-50)28(65)19(86-51)9-78-47-36(73)32(69)26(63)16(5-54)83-47/h11-12,15-51,54-56,59-76H,5-10H2,1-4H3,(H,52,57)(H,53,58)/t11-,12-,15+,16+,17+,18+,19+,20+,21+,22+,23+,24+,25-,26+,27+,28+,29+,30+,31+,32-,33-,34+,35-,36-,37-,38-,39+,40+,41+,42-,43-,44?,45-,46+,47-,48-,49-,50+,51-/m0/s1. The SMILES string of the molecule is CC(=O)N[C@H]1[C@H](O[C@H]2[C@H](O[C@@H]3O[C@@H](C)[C@@H](O)[C@@H](O)[C@@H]3O)[C@@H](NC(C)=O)C(O)O[C@@H]2CO[C@@H]2O[C@@H](C)[C@@H](O)[C@@H](O)[C@@H]2O)O[C@H](CO)[C@@H](O[C@@H]2O[C@H](CO[C@H]3O[C@H](CO)[C@@H](O)[C@H](O)[C@@H]3O)[C@@H](O)[C@H](O[C@H]3O[C@H](CO)[C@@H](O)[C@H](O)[C@@H]3O)[C@@H]2O[C@@H]2OC[C@@H](O)[C@H](O)[C@H]2O)[C@@H]1O. The van der Waals surface area contributed by atoms with E-state index in [1.54, 1.807) is 0 Å². The highest BCUT2D eigenvalue weighted by Crippen LogP contribution is 2.39. The minimum Gasteiger partial charge on any atom is -0.394 e. The first-order chi connectivity index (χ1) is 42.9. The van der Waals surface area contributed by atoms with Crippen LogP contribution in [0.2, 0.25) is 0 Å². The van der Waals surface area contributed by atoms with Crippen LogP contribution in [-0.4, -0.2) is 398 Å². The normalized spacial score (nSPS) is 51.7. The van der Waals surface area contributed by atoms with Gasteiger partial charge in [0.2, 0.25) is 11.8 Å². The summed E-state index contributed by atoms with van der Waals surface area (Å²) in [4.78, 5) is 26.1. The number of hydrogen-bond donors (Lipinski definition) is 23. The van der Waals surface area contributed by atoms with Crippen molar-refractivity contribution in [1.82, 2.24) is 10.6 Å². The van der Waals surface area contributed by atoms with E-state index in [-0.39, 0.29) is 0 Å². The average Bonchev–Trinajstić information content (AvgIpc) is 0.995. The number of rotatable bonds is 21. The van der Waals surface area contributed by atoms with Crippen LogP contribution in [0, 0.1) is 0 Å². The number of carbonyl (C=O) groups excluding carboxylic acids is 2. The van der Waals surface area contributed by atoms with E-state index in [0.29, 0.717) is 0 Å². The zero-order valence-corrected chi connectivity index (χ0v) is 49.1. The monoisotopic (exact) mass is 1330 g/mol. The van der Waals surface area contributed by atoms with E-state index in [1.165, 1.54) is 13.8 Å². The fourth-order valence-corrected chi connectivity index (χ4v) is 11.7. The Kier molecular flexibility index (Phi) is 26.0. The number of carbonyl (C=O) groups is 2. The van der Waals surface area contributed by atoms with E-state index in [9.17, 15) is 117 Å². The molecule has 0 aliphatic carbocycles. The molecular formula is C51H86N2O38. The minimum absolute atomic E-state index is 0.740. The summed E-state index contributed by atoms with van der Waals surface area (Å²) in [7, 11) is 0. The van der Waals surface area contributed by atoms with Crippen LogP contribution < -0.4 is 10.6 Å². The van der Waals surface area contributed by atoms with Crippen LogP contribution in [0.5, 0.6) is 0 Å². The summed E-state index contributed by atoms with van der Waals surface area (Å²) in [5.74, 6) is -1.81. The van der Waals surface area contributed by atoms with Crippen molar-refractivity contribution >= 4 is 11.8 Å². The molecule has 8 aliphatic rings. The third kappa shape index (κ3) is 16.2. The first kappa shape index (κ1) is 74.3. The molecule has 0 saturated carbocycles. The van der Waals surface area contributed by atoms with Crippen LogP contribution >= 0.6 is 0 Å². The second-order valence-electron chi connectivity index (χ2n) is 23.4. The average molecular weight is 1340 g/mol. The van der Waals surface area contributed by atoms with Gasteiger partial charge in [0.1, 0.15) is 177 Å². The predicted molar refractivity (Wildman–Crippen MR) is 279 cm³/mol. The predicted octanol–water partition coefficient (Wildman–Crippen LogP) is -15.5. The van der Waals surface area contributed by atoms with Gasteiger partial charge in [-0.1, -0.05) is 0 Å². The highest BCUT2D eigenvalue weighted by molar-refractivity contribution is 5.73. The van der Waals surface area contributed by atoms with E-state index in [4.69, 9.17) is 71.1 Å². The maximum Gasteiger partial charge on any atom is 0.217 e. The van der Waals surface area contributed by atoms with Crippen molar-refractivity contribution in [1.29, 1.82) is 0 Å². The van der Waals surface area contributed by atoms with Gasteiger partial charge in [-0.15, -0.1) is 0 Å². The Labute approximate surface area is 516 Å². The molecule has 0 aromatic heterocycles. The first-order valence-electron chi connectivity index (χ1n) is 29.2. The molecule has 23 N–H and O–H groups in total. The second kappa shape index (κ2) is 31.8. The molecule has 0 bridgehead atoms.